The fourth-order valence-electron chi connectivity index (χ4n) is 8.72. The van der Waals surface area contributed by atoms with Crippen LogP contribution < -0.4 is 0 Å². The van der Waals surface area contributed by atoms with Gasteiger partial charge in [0.25, 0.3) is 0 Å². The van der Waals surface area contributed by atoms with Crippen LogP contribution in [0.15, 0.2) is 197 Å². The van der Waals surface area contributed by atoms with E-state index >= 15 is 0 Å². The summed E-state index contributed by atoms with van der Waals surface area (Å²) in [5.74, 6) is 1.79. The molecule has 0 radical (unpaired) electrons. The van der Waals surface area contributed by atoms with Gasteiger partial charge < -0.3 is 8.83 Å². The summed E-state index contributed by atoms with van der Waals surface area (Å²) >= 11 is 0. The zero-order valence-corrected chi connectivity index (χ0v) is 31.1. The van der Waals surface area contributed by atoms with Crippen LogP contribution in [0.3, 0.4) is 0 Å². The Hall–Kier alpha value is -7.89. The molecule has 0 unspecified atom stereocenters. The second kappa shape index (κ2) is 12.8. The van der Waals surface area contributed by atoms with Crippen LogP contribution in [-0.4, -0.2) is 15.0 Å². The van der Waals surface area contributed by atoms with Gasteiger partial charge in [0.1, 0.15) is 22.3 Å². The average molecular weight is 742 g/mol. The number of rotatable bonds is 5. The van der Waals surface area contributed by atoms with Gasteiger partial charge in [-0.25, -0.2) is 15.0 Å². The van der Waals surface area contributed by atoms with Crippen molar-refractivity contribution >= 4 is 65.4 Å². The van der Waals surface area contributed by atoms with Crippen molar-refractivity contribution < 1.29 is 8.83 Å². The third kappa shape index (κ3) is 5.07. The average Bonchev–Trinajstić information content (AvgIpc) is 3.87. The van der Waals surface area contributed by atoms with Gasteiger partial charge in [0.05, 0.1) is 0 Å². The quantitative estimate of drug-likeness (QED) is 0.176. The number of para-hydroxylation sites is 2. The lowest BCUT2D eigenvalue weighted by Crippen LogP contribution is -2.01. The minimum absolute atomic E-state index is 0.587. The summed E-state index contributed by atoms with van der Waals surface area (Å²) in [5.41, 5.74) is 10.5. The van der Waals surface area contributed by atoms with Gasteiger partial charge >= 0.3 is 0 Å². The summed E-state index contributed by atoms with van der Waals surface area (Å²) < 4.78 is 12.9. The van der Waals surface area contributed by atoms with Gasteiger partial charge in [0, 0.05) is 38.2 Å². The molecule has 12 aromatic rings. The molecule has 0 bridgehead atoms. The minimum atomic E-state index is 0.587. The number of benzene rings is 9. The molecule has 0 N–H and O–H groups in total. The number of aromatic nitrogens is 3. The highest BCUT2D eigenvalue weighted by Gasteiger charge is 2.22. The van der Waals surface area contributed by atoms with Crippen LogP contribution in [0.1, 0.15) is 0 Å². The van der Waals surface area contributed by atoms with Gasteiger partial charge in [-0.2, -0.15) is 0 Å². The maximum absolute atomic E-state index is 6.62. The van der Waals surface area contributed by atoms with E-state index < -0.39 is 0 Å². The van der Waals surface area contributed by atoms with Crippen molar-refractivity contribution in [2.75, 3.05) is 0 Å². The van der Waals surface area contributed by atoms with Crippen molar-refractivity contribution in [1.82, 2.24) is 15.0 Å². The first-order valence-corrected chi connectivity index (χ1v) is 19.4. The van der Waals surface area contributed by atoms with Crippen LogP contribution in [0, 0.1) is 0 Å². The second-order valence-electron chi connectivity index (χ2n) is 14.7. The maximum Gasteiger partial charge on any atom is 0.164 e. The van der Waals surface area contributed by atoms with E-state index in [0.29, 0.717) is 17.5 Å². The maximum atomic E-state index is 6.62. The Bertz CT molecular complexity index is 3580. The van der Waals surface area contributed by atoms with E-state index in [0.717, 1.165) is 93.6 Å². The molecule has 3 heterocycles. The lowest BCUT2D eigenvalue weighted by Gasteiger charge is -2.15. The Morgan fingerprint density at radius 2 is 0.793 bits per heavy atom. The van der Waals surface area contributed by atoms with Crippen molar-refractivity contribution in [2.45, 2.75) is 0 Å². The Labute approximate surface area is 332 Å². The standard InChI is InChI=1S/C53H31N3O2/c1-2-15-33(16-3-1)51-54-52(56-53(55-51)43-24-13-27-47-49(43)41-21-8-10-25-45(41)57-47)40-29-28-39(37-19-6-7-20-38(37)40)44-30-34(36-23-12-17-32-14-4-5-18-35(32)36)31-48-50(44)42-22-9-11-26-46(42)58-48/h1-31H. The zero-order valence-electron chi connectivity index (χ0n) is 31.1. The van der Waals surface area contributed by atoms with E-state index in [9.17, 15) is 0 Å². The molecule has 9 aromatic carbocycles. The number of hydrogen-bond acceptors (Lipinski definition) is 5. The van der Waals surface area contributed by atoms with Crippen molar-refractivity contribution in [3.8, 4) is 56.4 Å². The van der Waals surface area contributed by atoms with Crippen molar-refractivity contribution in [1.29, 1.82) is 0 Å². The largest absolute Gasteiger partial charge is 0.456 e. The Balaban J connectivity index is 1.11. The first kappa shape index (κ1) is 32.4. The van der Waals surface area contributed by atoms with Crippen LogP contribution in [0.5, 0.6) is 0 Å². The van der Waals surface area contributed by atoms with E-state index in [1.165, 1.54) is 10.8 Å². The number of hydrogen-bond donors (Lipinski definition) is 0. The Morgan fingerprint density at radius 1 is 0.276 bits per heavy atom. The van der Waals surface area contributed by atoms with Gasteiger partial charge in [-0.15, -0.1) is 0 Å². The number of nitrogens with zero attached hydrogens (tertiary/aromatic N) is 3. The summed E-state index contributed by atoms with van der Waals surface area (Å²) in [4.78, 5) is 15.6. The smallest absolute Gasteiger partial charge is 0.164 e. The molecule has 5 heteroatoms. The molecule has 58 heavy (non-hydrogen) atoms. The Morgan fingerprint density at radius 3 is 1.57 bits per heavy atom. The van der Waals surface area contributed by atoms with Gasteiger partial charge in [-0.3, -0.25) is 0 Å². The summed E-state index contributed by atoms with van der Waals surface area (Å²) in [6.07, 6.45) is 0. The van der Waals surface area contributed by atoms with E-state index in [-0.39, 0.29) is 0 Å². The molecule has 0 amide bonds. The van der Waals surface area contributed by atoms with Gasteiger partial charge in [0.15, 0.2) is 17.5 Å². The van der Waals surface area contributed by atoms with Gasteiger partial charge in [0.2, 0.25) is 0 Å². The van der Waals surface area contributed by atoms with Crippen molar-refractivity contribution in [3.63, 3.8) is 0 Å². The molecule has 5 nitrogen and oxygen atoms in total. The molecule has 0 fully saturated rings. The van der Waals surface area contributed by atoms with Gasteiger partial charge in [-0.1, -0.05) is 152 Å². The van der Waals surface area contributed by atoms with E-state index in [1.54, 1.807) is 0 Å². The number of furan rings is 2. The van der Waals surface area contributed by atoms with Crippen LogP contribution in [0.4, 0.5) is 0 Å². The van der Waals surface area contributed by atoms with E-state index in [1.807, 2.05) is 72.8 Å². The summed E-state index contributed by atoms with van der Waals surface area (Å²) in [7, 11) is 0. The number of fused-ring (bicyclic) bond motifs is 8. The van der Waals surface area contributed by atoms with Crippen LogP contribution in [-0.2, 0) is 0 Å². The van der Waals surface area contributed by atoms with Crippen LogP contribution in [0.2, 0.25) is 0 Å². The zero-order chi connectivity index (χ0) is 38.2. The topological polar surface area (TPSA) is 65.0 Å². The summed E-state index contributed by atoms with van der Waals surface area (Å²) in [6, 6.07) is 65.1. The molecule has 0 aliphatic rings. The molecule has 12 rings (SSSR count). The second-order valence-corrected chi connectivity index (χ2v) is 14.7. The van der Waals surface area contributed by atoms with Crippen LogP contribution >= 0.6 is 0 Å². The van der Waals surface area contributed by atoms with Gasteiger partial charge in [-0.05, 0) is 80.2 Å². The van der Waals surface area contributed by atoms with E-state index in [2.05, 4.69) is 115 Å². The predicted molar refractivity (Wildman–Crippen MR) is 237 cm³/mol. The van der Waals surface area contributed by atoms with E-state index in [4.69, 9.17) is 23.8 Å². The Kier molecular flexibility index (Phi) is 7.16. The first-order valence-electron chi connectivity index (χ1n) is 19.4. The SMILES string of the molecule is c1ccc(-c2nc(-c3ccc(-c4cc(-c5cccc6ccccc56)cc5oc6ccccc6c45)c4ccccc34)nc(-c3cccc4oc5ccccc5c34)n2)cc1. The molecule has 270 valence electrons. The molecule has 3 aromatic heterocycles. The first-order chi connectivity index (χ1) is 28.7. The third-order valence-corrected chi connectivity index (χ3v) is 11.3. The van der Waals surface area contributed by atoms with Crippen molar-refractivity contribution in [3.05, 3.63) is 188 Å². The normalized spacial score (nSPS) is 11.8. The predicted octanol–water partition coefficient (Wildman–Crippen LogP) is 14.3. The summed E-state index contributed by atoms with van der Waals surface area (Å²) in [6.45, 7) is 0. The lowest BCUT2D eigenvalue weighted by molar-refractivity contribution is 0.668. The molecular weight excluding hydrogens is 711 g/mol. The monoisotopic (exact) mass is 741 g/mol. The highest BCUT2D eigenvalue weighted by atomic mass is 16.3. The highest BCUT2D eigenvalue weighted by molar-refractivity contribution is 6.18. The summed E-state index contributed by atoms with van der Waals surface area (Å²) in [5, 5.41) is 8.71. The molecular formula is C53H31N3O2. The minimum Gasteiger partial charge on any atom is -0.456 e. The fourth-order valence-corrected chi connectivity index (χ4v) is 8.72. The molecule has 0 aliphatic carbocycles. The molecule has 0 atom stereocenters. The third-order valence-electron chi connectivity index (χ3n) is 11.3. The molecule has 0 saturated carbocycles. The van der Waals surface area contributed by atoms with Crippen LogP contribution in [0.25, 0.3) is 122 Å². The highest BCUT2D eigenvalue weighted by Crippen LogP contribution is 2.45. The molecule has 0 saturated heterocycles. The fraction of sp³-hybridized carbons (Fsp3) is 0. The molecule has 0 spiro atoms. The molecule has 0 aliphatic heterocycles. The lowest BCUT2D eigenvalue weighted by atomic mass is 9.89. The van der Waals surface area contributed by atoms with Crippen molar-refractivity contribution in [2.24, 2.45) is 0 Å².